The van der Waals surface area contributed by atoms with Gasteiger partial charge in [-0.3, -0.25) is 14.5 Å². The number of thiazole rings is 1. The molecule has 7 nitrogen and oxygen atoms in total. The zero-order valence-electron chi connectivity index (χ0n) is 16.3. The zero-order chi connectivity index (χ0) is 20.2. The number of aromatic amines is 1. The highest BCUT2D eigenvalue weighted by Gasteiger charge is 2.24. The largest absolute Gasteiger partial charge is 0.469 e. The van der Waals surface area contributed by atoms with E-state index >= 15 is 0 Å². The minimum Gasteiger partial charge on any atom is -0.469 e. The molecule has 1 fully saturated rings. The first-order valence-corrected chi connectivity index (χ1v) is 10.6. The molecule has 1 aliphatic heterocycles. The Bertz CT molecular complexity index is 1000. The van der Waals surface area contributed by atoms with Crippen molar-refractivity contribution in [3.63, 3.8) is 0 Å². The average Bonchev–Trinajstić information content (AvgIpc) is 3.35. The summed E-state index contributed by atoms with van der Waals surface area (Å²) in [7, 11) is 1.35. The van der Waals surface area contributed by atoms with Gasteiger partial charge in [-0.2, -0.15) is 0 Å². The van der Waals surface area contributed by atoms with Crippen molar-refractivity contribution >= 4 is 39.2 Å². The van der Waals surface area contributed by atoms with E-state index < -0.39 is 0 Å². The Morgan fingerprint density at radius 2 is 2.10 bits per heavy atom. The van der Waals surface area contributed by atoms with Crippen molar-refractivity contribution in [2.75, 3.05) is 32.1 Å². The number of aromatic nitrogens is 2. The zero-order valence-corrected chi connectivity index (χ0v) is 17.1. The molecule has 152 valence electrons. The number of rotatable bonds is 6. The molecule has 3 aromatic rings. The van der Waals surface area contributed by atoms with Crippen LogP contribution in [0.3, 0.4) is 0 Å². The van der Waals surface area contributed by atoms with Crippen LogP contribution in [0.1, 0.15) is 30.0 Å². The molecule has 0 unspecified atom stereocenters. The number of hydrogen-bond acceptors (Lipinski definition) is 6. The number of benzene rings is 1. The Hall–Kier alpha value is -2.71. The van der Waals surface area contributed by atoms with Crippen molar-refractivity contribution in [3.8, 4) is 0 Å². The van der Waals surface area contributed by atoms with Gasteiger partial charge in [0.15, 0.2) is 5.13 Å². The number of amides is 1. The van der Waals surface area contributed by atoms with Gasteiger partial charge in [0, 0.05) is 22.5 Å². The summed E-state index contributed by atoms with van der Waals surface area (Å²) >= 11 is 1.32. The highest BCUT2D eigenvalue weighted by molar-refractivity contribution is 7.13. The second-order valence-electron chi connectivity index (χ2n) is 7.29. The third-order valence-corrected chi connectivity index (χ3v) is 6.17. The molecular formula is C21H24N4O3S. The van der Waals surface area contributed by atoms with E-state index in [9.17, 15) is 9.59 Å². The number of fused-ring (bicyclic) bond motifs is 1. The lowest BCUT2D eigenvalue weighted by Gasteiger charge is -2.31. The number of nitrogens with one attached hydrogen (secondary N) is 2. The third kappa shape index (κ3) is 4.65. The Labute approximate surface area is 173 Å². The molecule has 0 spiro atoms. The smallest absolute Gasteiger partial charge is 0.311 e. The monoisotopic (exact) mass is 412 g/mol. The van der Waals surface area contributed by atoms with Crippen LogP contribution in [-0.4, -0.2) is 53.5 Å². The summed E-state index contributed by atoms with van der Waals surface area (Å²) in [6.45, 7) is 2.14. The normalized spacial score (nSPS) is 15.5. The van der Waals surface area contributed by atoms with Gasteiger partial charge in [-0.25, -0.2) is 4.98 Å². The molecule has 0 radical (unpaired) electrons. The van der Waals surface area contributed by atoms with E-state index in [4.69, 9.17) is 0 Å². The summed E-state index contributed by atoms with van der Waals surface area (Å²) in [6, 6.07) is 8.40. The molecule has 3 heterocycles. The Kier molecular flexibility index (Phi) is 5.92. The maximum atomic E-state index is 12.4. The highest BCUT2D eigenvalue weighted by Crippen LogP contribution is 2.33. The Morgan fingerprint density at radius 1 is 1.31 bits per heavy atom. The molecule has 0 saturated carbocycles. The topological polar surface area (TPSA) is 87.3 Å². The maximum absolute atomic E-state index is 12.4. The molecule has 1 saturated heterocycles. The number of ether oxygens (including phenoxy) is 1. The molecule has 4 rings (SSSR count). The summed E-state index contributed by atoms with van der Waals surface area (Å²) in [6.07, 6.45) is 4.32. The van der Waals surface area contributed by atoms with Gasteiger partial charge >= 0.3 is 5.97 Å². The molecule has 0 atom stereocenters. The van der Waals surface area contributed by atoms with Crippen LogP contribution in [0, 0.1) is 0 Å². The van der Waals surface area contributed by atoms with Gasteiger partial charge in [-0.15, -0.1) is 11.3 Å². The molecule has 0 aliphatic carbocycles. The Morgan fingerprint density at radius 3 is 2.90 bits per heavy atom. The van der Waals surface area contributed by atoms with Gasteiger partial charge in [0.25, 0.3) is 0 Å². The van der Waals surface area contributed by atoms with E-state index in [-0.39, 0.29) is 18.3 Å². The van der Waals surface area contributed by atoms with Crippen molar-refractivity contribution < 1.29 is 14.3 Å². The molecule has 1 aromatic carbocycles. The number of carbonyl (C=O) groups excluding carboxylic acids is 2. The van der Waals surface area contributed by atoms with Gasteiger partial charge in [-0.1, -0.05) is 18.2 Å². The number of esters is 1. The SMILES string of the molecule is COC(=O)Cc1csc(NC(=O)CN2CCC(c3c[nH]c4ccccc34)CC2)n1. The second-order valence-corrected chi connectivity index (χ2v) is 8.14. The first kappa shape index (κ1) is 19.6. The molecular weight excluding hydrogens is 388 g/mol. The number of para-hydroxylation sites is 1. The summed E-state index contributed by atoms with van der Waals surface area (Å²) in [5.74, 6) is 0.103. The van der Waals surface area contributed by atoms with Crippen LogP contribution < -0.4 is 5.32 Å². The van der Waals surface area contributed by atoms with E-state index in [1.54, 1.807) is 5.38 Å². The summed E-state index contributed by atoms with van der Waals surface area (Å²) in [5.41, 5.74) is 3.17. The number of methoxy groups -OCH3 is 1. The molecule has 1 amide bonds. The standard InChI is InChI=1S/C21H24N4O3S/c1-28-20(27)10-15-13-29-21(23-15)24-19(26)12-25-8-6-14(7-9-25)17-11-22-18-5-3-2-4-16(17)18/h2-5,11,13-14,22H,6-10,12H2,1H3,(H,23,24,26). The number of H-pyrrole nitrogens is 1. The molecule has 0 bridgehead atoms. The van der Waals surface area contributed by atoms with Gasteiger partial charge in [0.2, 0.25) is 5.91 Å². The van der Waals surface area contributed by atoms with Crippen LogP contribution in [0.5, 0.6) is 0 Å². The van der Waals surface area contributed by atoms with Crippen molar-refractivity contribution in [1.29, 1.82) is 0 Å². The highest BCUT2D eigenvalue weighted by atomic mass is 32.1. The first-order valence-electron chi connectivity index (χ1n) is 9.72. The van der Waals surface area contributed by atoms with Crippen molar-refractivity contribution in [3.05, 3.63) is 47.1 Å². The number of nitrogens with zero attached hydrogens (tertiary/aromatic N) is 2. The lowest BCUT2D eigenvalue weighted by molar-refractivity contribution is -0.139. The molecule has 2 aromatic heterocycles. The second kappa shape index (κ2) is 8.75. The fourth-order valence-corrected chi connectivity index (χ4v) is 4.59. The summed E-state index contributed by atoms with van der Waals surface area (Å²) in [5, 5.41) is 6.41. The minimum absolute atomic E-state index is 0.0745. The quantitative estimate of drug-likeness (QED) is 0.608. The van der Waals surface area contributed by atoms with E-state index in [1.807, 2.05) is 6.07 Å². The van der Waals surface area contributed by atoms with Crippen LogP contribution in [0.4, 0.5) is 5.13 Å². The predicted octanol–water partition coefficient (Wildman–Crippen LogP) is 3.16. The fourth-order valence-electron chi connectivity index (χ4n) is 3.86. The van der Waals surface area contributed by atoms with Crippen LogP contribution >= 0.6 is 11.3 Å². The fraction of sp³-hybridized carbons (Fsp3) is 0.381. The Balaban J connectivity index is 1.27. The van der Waals surface area contributed by atoms with Crippen molar-refractivity contribution in [1.82, 2.24) is 14.9 Å². The molecule has 8 heteroatoms. The lowest BCUT2D eigenvalue weighted by Crippen LogP contribution is -2.38. The molecule has 1 aliphatic rings. The predicted molar refractivity (Wildman–Crippen MR) is 113 cm³/mol. The summed E-state index contributed by atoms with van der Waals surface area (Å²) < 4.78 is 4.63. The maximum Gasteiger partial charge on any atom is 0.311 e. The number of likely N-dealkylation sites (tertiary alicyclic amines) is 1. The summed E-state index contributed by atoms with van der Waals surface area (Å²) in [4.78, 5) is 33.5. The van der Waals surface area contributed by atoms with Crippen LogP contribution in [0.2, 0.25) is 0 Å². The molecule has 29 heavy (non-hydrogen) atoms. The van der Waals surface area contributed by atoms with Crippen molar-refractivity contribution in [2.45, 2.75) is 25.2 Å². The van der Waals surface area contributed by atoms with Crippen LogP contribution in [0.25, 0.3) is 10.9 Å². The number of anilines is 1. The van der Waals surface area contributed by atoms with Gasteiger partial charge in [0.1, 0.15) is 0 Å². The van der Waals surface area contributed by atoms with E-state index in [0.717, 1.165) is 25.9 Å². The van der Waals surface area contributed by atoms with Gasteiger partial charge in [-0.05, 0) is 43.5 Å². The van der Waals surface area contributed by atoms with E-state index in [2.05, 4.69) is 49.3 Å². The van der Waals surface area contributed by atoms with E-state index in [1.165, 1.54) is 34.9 Å². The average molecular weight is 413 g/mol. The lowest BCUT2D eigenvalue weighted by atomic mass is 9.89. The van der Waals surface area contributed by atoms with Crippen molar-refractivity contribution in [2.24, 2.45) is 0 Å². The van der Waals surface area contributed by atoms with Gasteiger partial charge < -0.3 is 15.0 Å². The minimum atomic E-state index is -0.341. The van der Waals surface area contributed by atoms with E-state index in [0.29, 0.717) is 23.3 Å². The third-order valence-electron chi connectivity index (χ3n) is 5.37. The number of carbonyl (C=O) groups is 2. The van der Waals surface area contributed by atoms with Crippen LogP contribution in [0.15, 0.2) is 35.8 Å². The number of hydrogen-bond donors (Lipinski definition) is 2. The number of piperidine rings is 1. The van der Waals surface area contributed by atoms with Gasteiger partial charge in [0.05, 0.1) is 25.8 Å². The molecule has 2 N–H and O–H groups in total. The first-order chi connectivity index (χ1) is 14.1. The van der Waals surface area contributed by atoms with Crippen LogP contribution in [-0.2, 0) is 20.7 Å².